The molecule has 0 aliphatic rings. The second-order valence-corrected chi connectivity index (χ2v) is 5.56. The zero-order valence-corrected chi connectivity index (χ0v) is 13.6. The fourth-order valence-electron chi connectivity index (χ4n) is 1.96. The van der Waals surface area contributed by atoms with E-state index >= 15 is 0 Å². The van der Waals surface area contributed by atoms with Gasteiger partial charge in [0.2, 0.25) is 0 Å². The van der Waals surface area contributed by atoms with Gasteiger partial charge in [0.1, 0.15) is 0 Å². The van der Waals surface area contributed by atoms with Gasteiger partial charge in [0.15, 0.2) is 11.5 Å². The highest BCUT2D eigenvalue weighted by Crippen LogP contribution is 2.29. The van der Waals surface area contributed by atoms with Crippen molar-refractivity contribution in [1.29, 1.82) is 0 Å². The molecular formula is C13H21ClO2Si. The van der Waals surface area contributed by atoms with Gasteiger partial charge in [-0.25, -0.2) is 0 Å². The summed E-state index contributed by atoms with van der Waals surface area (Å²) in [7, 11) is 4.38. The molecule has 0 aromatic heterocycles. The first-order valence-corrected chi connectivity index (χ1v) is 7.54. The maximum Gasteiger partial charge on any atom is 0.163 e. The van der Waals surface area contributed by atoms with Crippen molar-refractivity contribution in [3.8, 4) is 11.5 Å². The standard InChI is InChI=1S/C13H21ClO2Si/c1-15-12-10(6-4-3-5-9-14)7-8-11(17)13(12)16-2/h7-8H,3-6,9H2,1-2,17H3. The van der Waals surface area contributed by atoms with Gasteiger partial charge in [0, 0.05) is 16.1 Å². The quantitative estimate of drug-likeness (QED) is 0.427. The number of hydrogen-bond donors (Lipinski definition) is 0. The normalized spacial score (nSPS) is 10.5. The minimum Gasteiger partial charge on any atom is -0.493 e. The van der Waals surface area contributed by atoms with Gasteiger partial charge in [-0.2, -0.15) is 0 Å². The molecule has 0 N–H and O–H groups in total. The van der Waals surface area contributed by atoms with Crippen LogP contribution in [0.2, 0.25) is 0 Å². The van der Waals surface area contributed by atoms with E-state index in [0.29, 0.717) is 0 Å². The maximum atomic E-state index is 5.67. The van der Waals surface area contributed by atoms with Crippen LogP contribution in [0.4, 0.5) is 0 Å². The molecule has 0 aliphatic heterocycles. The molecule has 4 heteroatoms. The Kier molecular flexibility index (Phi) is 6.44. The van der Waals surface area contributed by atoms with Gasteiger partial charge in [-0.15, -0.1) is 11.6 Å². The van der Waals surface area contributed by atoms with Crippen LogP contribution in [0.1, 0.15) is 24.8 Å². The molecule has 0 atom stereocenters. The highest BCUT2D eigenvalue weighted by Gasteiger charge is 2.11. The third-order valence-electron chi connectivity index (χ3n) is 2.88. The molecule has 0 saturated carbocycles. The Labute approximate surface area is 112 Å². The Morgan fingerprint density at radius 3 is 2.35 bits per heavy atom. The second kappa shape index (κ2) is 7.61. The Hall–Kier alpha value is -0.673. The predicted octanol–water partition coefficient (Wildman–Crippen LogP) is 1.65. The van der Waals surface area contributed by atoms with Crippen molar-refractivity contribution in [1.82, 2.24) is 0 Å². The minimum absolute atomic E-state index is 0.750. The van der Waals surface area contributed by atoms with Gasteiger partial charge in [-0.3, -0.25) is 0 Å². The van der Waals surface area contributed by atoms with Crippen LogP contribution in [0.3, 0.4) is 0 Å². The zero-order valence-electron chi connectivity index (χ0n) is 10.9. The number of aryl methyl sites for hydroxylation is 1. The van der Waals surface area contributed by atoms with Gasteiger partial charge in [-0.05, 0) is 30.0 Å². The van der Waals surface area contributed by atoms with Crippen molar-refractivity contribution < 1.29 is 9.47 Å². The molecule has 1 aromatic rings. The van der Waals surface area contributed by atoms with Crippen molar-refractivity contribution in [2.75, 3.05) is 20.1 Å². The predicted molar refractivity (Wildman–Crippen MR) is 77.4 cm³/mol. The summed E-state index contributed by atoms with van der Waals surface area (Å²) in [5.41, 5.74) is 1.23. The Morgan fingerprint density at radius 2 is 1.76 bits per heavy atom. The smallest absolute Gasteiger partial charge is 0.163 e. The monoisotopic (exact) mass is 272 g/mol. The summed E-state index contributed by atoms with van der Waals surface area (Å²) in [6, 6.07) is 4.30. The van der Waals surface area contributed by atoms with Crippen LogP contribution in [0.15, 0.2) is 12.1 Å². The van der Waals surface area contributed by atoms with Gasteiger partial charge in [0.05, 0.1) is 14.2 Å². The van der Waals surface area contributed by atoms with Gasteiger partial charge in [-0.1, -0.05) is 18.6 Å². The van der Waals surface area contributed by atoms with E-state index in [9.17, 15) is 0 Å². The topological polar surface area (TPSA) is 18.5 Å². The molecular weight excluding hydrogens is 252 g/mol. The summed E-state index contributed by atoms with van der Waals surface area (Å²) >= 11 is 5.67. The van der Waals surface area contributed by atoms with E-state index in [4.69, 9.17) is 21.1 Å². The lowest BCUT2D eigenvalue weighted by atomic mass is 10.1. The molecule has 2 nitrogen and oxygen atoms in total. The average molecular weight is 273 g/mol. The Balaban J connectivity index is 2.77. The van der Waals surface area contributed by atoms with E-state index in [1.807, 2.05) is 0 Å². The molecule has 0 saturated heterocycles. The first-order valence-electron chi connectivity index (χ1n) is 6.01. The summed E-state index contributed by atoms with van der Waals surface area (Å²) in [4.78, 5) is 0. The lowest BCUT2D eigenvalue weighted by Gasteiger charge is -2.14. The largest absolute Gasteiger partial charge is 0.493 e. The maximum absolute atomic E-state index is 5.67. The van der Waals surface area contributed by atoms with Gasteiger partial charge in [0.25, 0.3) is 0 Å². The third-order valence-corrected chi connectivity index (χ3v) is 3.93. The first kappa shape index (κ1) is 14.4. The number of hydrogen-bond acceptors (Lipinski definition) is 2. The first-order chi connectivity index (χ1) is 8.24. The molecule has 0 amide bonds. The SMILES string of the molecule is COc1c([SiH3])ccc(CCCCCCl)c1OC. The fourth-order valence-corrected chi connectivity index (χ4v) is 2.75. The molecule has 0 fully saturated rings. The average Bonchev–Trinajstić information content (AvgIpc) is 2.35. The van der Waals surface area contributed by atoms with Crippen molar-refractivity contribution in [2.24, 2.45) is 0 Å². The molecule has 0 bridgehead atoms. The molecule has 0 radical (unpaired) electrons. The number of halogens is 1. The highest BCUT2D eigenvalue weighted by atomic mass is 35.5. The van der Waals surface area contributed by atoms with Crippen LogP contribution in [0.5, 0.6) is 11.5 Å². The molecule has 1 rings (SSSR count). The molecule has 0 aliphatic carbocycles. The van der Waals surface area contributed by atoms with Gasteiger partial charge >= 0.3 is 0 Å². The lowest BCUT2D eigenvalue weighted by Crippen LogP contribution is -2.10. The molecule has 96 valence electrons. The Bertz CT molecular complexity index is 356. The molecule has 0 unspecified atom stereocenters. The highest BCUT2D eigenvalue weighted by molar-refractivity contribution is 6.34. The number of unbranched alkanes of at least 4 members (excludes halogenated alkanes) is 2. The van der Waals surface area contributed by atoms with E-state index in [1.165, 1.54) is 10.8 Å². The zero-order chi connectivity index (χ0) is 12.7. The third kappa shape index (κ3) is 3.93. The second-order valence-electron chi connectivity index (χ2n) is 4.11. The number of benzene rings is 1. The molecule has 0 heterocycles. The van der Waals surface area contributed by atoms with Crippen molar-refractivity contribution in [3.63, 3.8) is 0 Å². The Morgan fingerprint density at radius 1 is 1.06 bits per heavy atom. The van der Waals surface area contributed by atoms with Crippen molar-refractivity contribution >= 4 is 27.0 Å². The van der Waals surface area contributed by atoms with Crippen LogP contribution < -0.4 is 14.7 Å². The summed E-state index contributed by atoms with van der Waals surface area (Å²) in [6.07, 6.45) is 4.42. The number of methoxy groups -OCH3 is 2. The van der Waals surface area contributed by atoms with Crippen molar-refractivity contribution in [2.45, 2.75) is 25.7 Å². The van der Waals surface area contributed by atoms with Crippen LogP contribution >= 0.6 is 11.6 Å². The summed E-state index contributed by atoms with van der Waals surface area (Å²) < 4.78 is 10.9. The van der Waals surface area contributed by atoms with E-state index in [0.717, 1.165) is 53.3 Å². The van der Waals surface area contributed by atoms with E-state index < -0.39 is 0 Å². The molecule has 0 spiro atoms. The fraction of sp³-hybridized carbons (Fsp3) is 0.538. The van der Waals surface area contributed by atoms with Crippen LogP contribution in [-0.4, -0.2) is 30.3 Å². The van der Waals surface area contributed by atoms with Crippen LogP contribution in [0.25, 0.3) is 0 Å². The molecule has 1 aromatic carbocycles. The summed E-state index contributed by atoms with van der Waals surface area (Å²) in [6.45, 7) is 0. The summed E-state index contributed by atoms with van der Waals surface area (Å²) in [5, 5.41) is 1.24. The number of ether oxygens (including phenoxy) is 2. The van der Waals surface area contributed by atoms with E-state index in [-0.39, 0.29) is 0 Å². The number of rotatable bonds is 7. The van der Waals surface area contributed by atoms with Crippen LogP contribution in [0, 0.1) is 0 Å². The minimum atomic E-state index is 0.750. The van der Waals surface area contributed by atoms with E-state index in [2.05, 4.69) is 12.1 Å². The molecule has 17 heavy (non-hydrogen) atoms. The van der Waals surface area contributed by atoms with E-state index in [1.54, 1.807) is 14.2 Å². The summed E-state index contributed by atoms with van der Waals surface area (Å²) in [5.74, 6) is 2.57. The lowest BCUT2D eigenvalue weighted by molar-refractivity contribution is 0.353. The van der Waals surface area contributed by atoms with Crippen LogP contribution in [-0.2, 0) is 6.42 Å². The van der Waals surface area contributed by atoms with Gasteiger partial charge < -0.3 is 9.47 Å². The number of alkyl halides is 1. The van der Waals surface area contributed by atoms with Crippen molar-refractivity contribution in [3.05, 3.63) is 17.7 Å².